The highest BCUT2D eigenvalue weighted by molar-refractivity contribution is 7.50. The van der Waals surface area contributed by atoms with Crippen LogP contribution in [-0.2, 0) is 24.4 Å². The van der Waals surface area contributed by atoms with E-state index in [1.807, 2.05) is 87.0 Å². The van der Waals surface area contributed by atoms with Crippen LogP contribution < -0.4 is 20.7 Å². The lowest BCUT2D eigenvalue weighted by atomic mass is 9.78. The van der Waals surface area contributed by atoms with Gasteiger partial charge in [-0.3, -0.25) is 23.8 Å². The van der Waals surface area contributed by atoms with Crippen LogP contribution in [0.2, 0.25) is 0 Å². The smallest absolute Gasteiger partial charge is 0.471 e. The molecule has 2 unspecified atom stereocenters. The maximum Gasteiger partial charge on any atom is 0.471 e. The first-order valence-electron chi connectivity index (χ1n) is 19.5. The fourth-order valence-corrected chi connectivity index (χ4v) is 10.5. The number of aryl methyl sites for hydroxylation is 1. The number of halogens is 3. The molecule has 0 radical (unpaired) electrons. The van der Waals surface area contributed by atoms with Crippen molar-refractivity contribution >= 4 is 14.2 Å². The summed E-state index contributed by atoms with van der Waals surface area (Å²) < 4.78 is 78.4. The Balaban J connectivity index is 1.56. The van der Waals surface area contributed by atoms with Crippen molar-refractivity contribution in [3.8, 4) is 17.6 Å². The van der Waals surface area contributed by atoms with Gasteiger partial charge in [-0.05, 0) is 75.6 Å². The number of amides is 1. The van der Waals surface area contributed by atoms with Crippen molar-refractivity contribution in [2.45, 2.75) is 88.9 Å². The fraction of sp³-hybridized carbons (Fsp3) is 0.442. The normalized spacial score (nSPS) is 20.8. The highest BCUT2D eigenvalue weighted by Crippen LogP contribution is 2.57. The number of nitrogens with one attached hydrogen (secondary N) is 1. The Morgan fingerprint density at radius 3 is 2.00 bits per heavy atom. The third-order valence-corrected chi connectivity index (χ3v) is 13.4. The molecule has 0 bridgehead atoms. The second-order valence-corrected chi connectivity index (χ2v) is 17.2. The van der Waals surface area contributed by atoms with Gasteiger partial charge in [0.2, 0.25) is 0 Å². The van der Waals surface area contributed by atoms with Crippen LogP contribution in [-0.4, -0.2) is 94.6 Å². The minimum Gasteiger partial charge on any atom is -0.497 e. The molecule has 3 aromatic carbocycles. The third kappa shape index (κ3) is 8.47. The molecule has 0 spiro atoms. The van der Waals surface area contributed by atoms with Crippen LogP contribution in [0.1, 0.15) is 62.6 Å². The highest BCUT2D eigenvalue weighted by atomic mass is 31.2. The molecule has 2 saturated heterocycles. The lowest BCUT2D eigenvalue weighted by Gasteiger charge is -2.54. The first-order chi connectivity index (χ1) is 28.5. The van der Waals surface area contributed by atoms with Gasteiger partial charge in [-0.15, -0.1) is 0 Å². The van der Waals surface area contributed by atoms with Crippen molar-refractivity contribution in [3.05, 3.63) is 128 Å². The summed E-state index contributed by atoms with van der Waals surface area (Å²) in [6.45, 7) is 8.24. The van der Waals surface area contributed by atoms with Gasteiger partial charge in [0, 0.05) is 36.4 Å². The second-order valence-electron chi connectivity index (χ2n) is 15.3. The standard InChI is InChI=1S/C43H49F3N5O8P/c1-27(2)51(28(3)4)60(23-11-22-47)59-35-36-41(25-50(36)39(53)43(44,45)46,58-38(35)49-24-29(5)37(52)48-40(49)54)26-57-42(30-12-9-8-10-13-30,31-14-18-33(55-6)19-15-31)32-16-20-34(56-7)21-17-32/h8-10,12-21,24,27-28,35-36,38H,11,23,25-26H2,1-7H3,(H,48,52,54)/t35-,36?,38-,41-,60?/m1/s1. The first-order valence-corrected chi connectivity index (χ1v) is 20.9. The number of alkyl halides is 3. The Labute approximate surface area is 347 Å². The van der Waals surface area contributed by atoms with Crippen LogP contribution in [0.4, 0.5) is 13.2 Å². The number of hydrogen-bond acceptors (Lipinski definition) is 10. The van der Waals surface area contributed by atoms with Gasteiger partial charge in [0.25, 0.3) is 5.56 Å². The summed E-state index contributed by atoms with van der Waals surface area (Å²) in [4.78, 5) is 42.5. The number of nitriles is 1. The fourth-order valence-electron chi connectivity index (χ4n) is 8.25. The SMILES string of the molecule is COc1ccc(C(OC[C@]23CN(C(=O)C(F)(F)F)C2[C@@H](OP(CCC#N)N(C(C)C)C(C)C)[C@H](n2cc(C)c(=O)[nH]c2=O)O3)(c2ccccc2)c2ccc(OC)cc2)cc1. The van der Waals surface area contributed by atoms with Crippen molar-refractivity contribution in [1.29, 1.82) is 5.26 Å². The molecule has 60 heavy (non-hydrogen) atoms. The number of carbonyl (C=O) groups excluding carboxylic acids is 1. The number of ether oxygens (including phenoxy) is 4. The number of nitrogens with zero attached hydrogens (tertiary/aromatic N) is 4. The molecule has 1 N–H and O–H groups in total. The largest absolute Gasteiger partial charge is 0.497 e. The molecule has 2 aliphatic heterocycles. The maximum absolute atomic E-state index is 14.5. The van der Waals surface area contributed by atoms with Gasteiger partial charge in [0.15, 0.2) is 6.23 Å². The Morgan fingerprint density at radius 1 is 0.950 bits per heavy atom. The van der Waals surface area contributed by atoms with Gasteiger partial charge in [0.05, 0.1) is 39.5 Å². The van der Waals surface area contributed by atoms with Crippen molar-refractivity contribution in [3.63, 3.8) is 0 Å². The molecule has 4 aromatic rings. The predicted molar refractivity (Wildman–Crippen MR) is 218 cm³/mol. The number of fused-ring (bicyclic) bond motifs is 1. The van der Waals surface area contributed by atoms with E-state index < -0.39 is 74.4 Å². The first kappa shape index (κ1) is 44.5. The molecule has 1 aromatic heterocycles. The summed E-state index contributed by atoms with van der Waals surface area (Å²) >= 11 is 0. The summed E-state index contributed by atoms with van der Waals surface area (Å²) in [5, 5.41) is 9.67. The minimum absolute atomic E-state index is 0.0606. The highest BCUT2D eigenvalue weighted by Gasteiger charge is 2.71. The Bertz CT molecular complexity index is 2230. The Morgan fingerprint density at radius 2 is 1.50 bits per heavy atom. The number of benzene rings is 3. The Hall–Kier alpha value is -5.04. The van der Waals surface area contributed by atoms with E-state index in [1.165, 1.54) is 13.1 Å². The lowest BCUT2D eigenvalue weighted by Crippen LogP contribution is -2.75. The number of carbonyl (C=O) groups is 1. The van der Waals surface area contributed by atoms with Crippen LogP contribution in [0.15, 0.2) is 94.6 Å². The van der Waals surface area contributed by atoms with Crippen molar-refractivity contribution in [2.24, 2.45) is 0 Å². The number of hydrogen-bond donors (Lipinski definition) is 1. The molecule has 6 rings (SSSR count). The predicted octanol–water partition coefficient (Wildman–Crippen LogP) is 6.64. The molecule has 3 heterocycles. The zero-order chi connectivity index (χ0) is 43.6. The van der Waals surface area contributed by atoms with Crippen molar-refractivity contribution in [1.82, 2.24) is 19.1 Å². The third-order valence-electron chi connectivity index (χ3n) is 10.9. The number of H-pyrrole nitrogens is 1. The number of likely N-dealkylation sites (tertiary alicyclic amines) is 1. The summed E-state index contributed by atoms with van der Waals surface area (Å²) in [6, 6.07) is 24.1. The summed E-state index contributed by atoms with van der Waals surface area (Å²) in [7, 11) is 1.33. The van der Waals surface area contributed by atoms with Crippen LogP contribution in [0.5, 0.6) is 11.5 Å². The topological polar surface area (TPSA) is 148 Å². The molecular weight excluding hydrogens is 802 g/mol. The molecule has 5 atom stereocenters. The van der Waals surface area contributed by atoms with Gasteiger partial charge >= 0.3 is 17.8 Å². The average Bonchev–Trinajstić information content (AvgIpc) is 3.44. The molecule has 320 valence electrons. The van der Waals surface area contributed by atoms with Crippen LogP contribution in [0.3, 0.4) is 0 Å². The molecule has 1 amide bonds. The van der Waals surface area contributed by atoms with Gasteiger partial charge < -0.3 is 28.4 Å². The summed E-state index contributed by atoms with van der Waals surface area (Å²) in [5.74, 6) is -0.970. The summed E-state index contributed by atoms with van der Waals surface area (Å²) in [6.07, 6.45) is -6.59. The van der Waals surface area contributed by atoms with E-state index in [0.717, 1.165) is 4.57 Å². The van der Waals surface area contributed by atoms with E-state index >= 15 is 0 Å². The molecular formula is C43H49F3N5O8P. The number of aromatic amines is 1. The molecule has 2 aliphatic rings. The minimum atomic E-state index is -5.27. The van der Waals surface area contributed by atoms with Gasteiger partial charge in [-0.25, -0.2) is 4.79 Å². The van der Waals surface area contributed by atoms with E-state index in [9.17, 15) is 32.8 Å². The Kier molecular flexibility index (Phi) is 13.3. The molecule has 0 saturated carbocycles. The number of aromatic nitrogens is 2. The monoisotopic (exact) mass is 851 g/mol. The molecule has 0 aliphatic carbocycles. The molecule has 2 fully saturated rings. The van der Waals surface area contributed by atoms with E-state index in [1.54, 1.807) is 38.5 Å². The van der Waals surface area contributed by atoms with Gasteiger partial charge in [0.1, 0.15) is 37.1 Å². The van der Waals surface area contributed by atoms with Gasteiger partial charge in [-0.2, -0.15) is 18.4 Å². The van der Waals surface area contributed by atoms with Crippen molar-refractivity contribution in [2.75, 3.05) is 33.5 Å². The second kappa shape index (κ2) is 17.9. The van der Waals surface area contributed by atoms with Crippen LogP contribution in [0, 0.1) is 18.3 Å². The summed E-state index contributed by atoms with van der Waals surface area (Å²) in [5.41, 5.74) is -2.63. The number of methoxy groups -OCH3 is 2. The van der Waals surface area contributed by atoms with E-state index in [0.29, 0.717) is 33.1 Å². The quantitative estimate of drug-likeness (QED) is 0.0961. The zero-order valence-electron chi connectivity index (χ0n) is 34.4. The molecule has 17 heteroatoms. The zero-order valence-corrected chi connectivity index (χ0v) is 35.3. The average molecular weight is 852 g/mol. The van der Waals surface area contributed by atoms with Crippen LogP contribution >= 0.6 is 8.30 Å². The van der Waals surface area contributed by atoms with Gasteiger partial charge in [-0.1, -0.05) is 54.6 Å². The maximum atomic E-state index is 14.5. The van der Waals surface area contributed by atoms with Crippen molar-refractivity contribution < 1.29 is 41.4 Å². The lowest BCUT2D eigenvalue weighted by molar-refractivity contribution is -0.231. The molecule has 13 nitrogen and oxygen atoms in total. The van der Waals surface area contributed by atoms with E-state index in [4.69, 9.17) is 23.5 Å². The van der Waals surface area contributed by atoms with E-state index in [-0.39, 0.29) is 30.2 Å². The van der Waals surface area contributed by atoms with E-state index in [2.05, 4.69) is 11.1 Å². The number of rotatable bonds is 16. The van der Waals surface area contributed by atoms with Crippen LogP contribution in [0.25, 0.3) is 0 Å².